The first-order valence-corrected chi connectivity index (χ1v) is 10.0. The molecule has 3 nitrogen and oxygen atoms in total. The summed E-state index contributed by atoms with van der Waals surface area (Å²) in [4.78, 5) is 12.8. The summed E-state index contributed by atoms with van der Waals surface area (Å²) in [6.07, 6.45) is 4.51. The zero-order valence-corrected chi connectivity index (χ0v) is 17.2. The van der Waals surface area contributed by atoms with E-state index in [-0.39, 0.29) is 18.2 Å². The van der Waals surface area contributed by atoms with Crippen molar-refractivity contribution in [3.8, 4) is 0 Å². The minimum absolute atomic E-state index is 0.0552. The van der Waals surface area contributed by atoms with Gasteiger partial charge in [-0.3, -0.25) is 4.79 Å². The van der Waals surface area contributed by atoms with Crippen LogP contribution in [0.2, 0.25) is 5.02 Å². The topological polar surface area (TPSA) is 42.2 Å². The number of hydrogen-bond donors (Lipinski definition) is 1. The van der Waals surface area contributed by atoms with Crippen LogP contribution in [0.1, 0.15) is 46.8 Å². The Bertz CT molecular complexity index is 915. The van der Waals surface area contributed by atoms with Gasteiger partial charge in [0.05, 0.1) is 6.42 Å². The highest BCUT2D eigenvalue weighted by Gasteiger charge is 2.32. The maximum absolute atomic E-state index is 14.2. The minimum Gasteiger partial charge on any atom is -0.481 e. The molecular weight excluding hydrogens is 433 g/mol. The molecule has 0 bridgehead atoms. The molecule has 142 valence electrons. The van der Waals surface area contributed by atoms with Crippen molar-refractivity contribution in [3.63, 3.8) is 0 Å². The molecule has 1 aromatic carbocycles. The Kier molecular flexibility index (Phi) is 6.22. The smallest absolute Gasteiger partial charge is 0.304 e. The van der Waals surface area contributed by atoms with Crippen LogP contribution < -0.4 is 0 Å². The maximum Gasteiger partial charge on any atom is 0.304 e. The van der Waals surface area contributed by atoms with E-state index in [1.165, 1.54) is 17.1 Å². The molecule has 0 aliphatic heterocycles. The van der Waals surface area contributed by atoms with Gasteiger partial charge in [0.25, 0.3) is 0 Å². The van der Waals surface area contributed by atoms with Crippen molar-refractivity contribution >= 4 is 39.6 Å². The van der Waals surface area contributed by atoms with Crippen molar-refractivity contribution in [1.82, 2.24) is 4.57 Å². The largest absolute Gasteiger partial charge is 0.481 e. The standard InChI is InChI=1S/C21H20BrClFNO2/c1-13-19(11-17(24)8-9-22)18-7-4-15(10-20(26)27)21(18)25(13)12-14-2-5-16(23)6-3-14/h2-3,5-6,8-9,11,15H,4,7,10,12H2,1H3,(H,26,27)/b9-8+,17-11+. The summed E-state index contributed by atoms with van der Waals surface area (Å²) in [5, 5.41) is 9.96. The highest BCUT2D eigenvalue weighted by atomic mass is 79.9. The van der Waals surface area contributed by atoms with Crippen LogP contribution in [0.25, 0.3) is 6.08 Å². The van der Waals surface area contributed by atoms with E-state index in [1.54, 1.807) is 0 Å². The molecule has 0 saturated carbocycles. The molecule has 0 spiro atoms. The molecule has 0 saturated heterocycles. The fraction of sp³-hybridized carbons (Fsp3) is 0.286. The molecule has 1 heterocycles. The van der Waals surface area contributed by atoms with Gasteiger partial charge in [-0.15, -0.1) is 0 Å². The van der Waals surface area contributed by atoms with Crippen LogP contribution in [-0.4, -0.2) is 15.6 Å². The van der Waals surface area contributed by atoms with Gasteiger partial charge in [0.1, 0.15) is 5.83 Å². The lowest BCUT2D eigenvalue weighted by atomic mass is 10.0. The molecular formula is C21H20BrClFNO2. The predicted molar refractivity (Wildman–Crippen MR) is 110 cm³/mol. The van der Waals surface area contributed by atoms with Gasteiger partial charge in [0.15, 0.2) is 0 Å². The summed E-state index contributed by atoms with van der Waals surface area (Å²) in [7, 11) is 0. The van der Waals surface area contributed by atoms with Crippen LogP contribution in [0.3, 0.4) is 0 Å². The molecule has 0 fully saturated rings. The van der Waals surface area contributed by atoms with E-state index < -0.39 is 5.97 Å². The lowest BCUT2D eigenvalue weighted by Crippen LogP contribution is -2.11. The monoisotopic (exact) mass is 451 g/mol. The SMILES string of the molecule is Cc1c(/C=C(F)\C=C\Br)c2c(n1Cc1ccc(Cl)cc1)C(CC(=O)O)CC2. The Morgan fingerprint density at radius 1 is 1.41 bits per heavy atom. The maximum atomic E-state index is 14.2. The van der Waals surface area contributed by atoms with Crippen LogP contribution in [0.4, 0.5) is 4.39 Å². The van der Waals surface area contributed by atoms with E-state index in [0.29, 0.717) is 11.6 Å². The molecule has 1 atom stereocenters. The van der Waals surface area contributed by atoms with E-state index in [0.717, 1.165) is 40.9 Å². The number of allylic oxidation sites excluding steroid dienone is 2. The summed E-state index contributed by atoms with van der Waals surface area (Å²) in [5.41, 5.74) is 4.95. The number of carbonyl (C=O) groups is 1. The zero-order chi connectivity index (χ0) is 19.6. The van der Waals surface area contributed by atoms with E-state index in [4.69, 9.17) is 11.6 Å². The number of rotatable bonds is 6. The molecule has 0 radical (unpaired) electrons. The highest BCUT2D eigenvalue weighted by molar-refractivity contribution is 9.11. The van der Waals surface area contributed by atoms with Gasteiger partial charge >= 0.3 is 5.97 Å². The van der Waals surface area contributed by atoms with Crippen LogP contribution in [0.5, 0.6) is 0 Å². The van der Waals surface area contributed by atoms with Crippen LogP contribution in [0.15, 0.2) is 41.2 Å². The fourth-order valence-corrected chi connectivity index (χ4v) is 4.23. The molecule has 2 aromatic rings. The van der Waals surface area contributed by atoms with Crippen molar-refractivity contribution in [2.24, 2.45) is 0 Å². The summed E-state index contributed by atoms with van der Waals surface area (Å²) in [6.45, 7) is 2.56. The van der Waals surface area contributed by atoms with Crippen molar-refractivity contribution in [3.05, 3.63) is 74.3 Å². The number of halogens is 3. The number of fused-ring (bicyclic) bond motifs is 1. The lowest BCUT2D eigenvalue weighted by molar-refractivity contribution is -0.137. The van der Waals surface area contributed by atoms with Gasteiger partial charge in [0.2, 0.25) is 0 Å². The average molecular weight is 453 g/mol. The van der Waals surface area contributed by atoms with Crippen molar-refractivity contribution in [2.45, 2.75) is 38.6 Å². The second-order valence-electron chi connectivity index (χ2n) is 6.73. The van der Waals surface area contributed by atoms with Crippen molar-refractivity contribution in [2.75, 3.05) is 0 Å². The molecule has 1 aliphatic rings. The van der Waals surface area contributed by atoms with Crippen LogP contribution in [-0.2, 0) is 17.8 Å². The quantitative estimate of drug-likeness (QED) is 0.529. The Hall–Kier alpha value is -1.85. The summed E-state index contributed by atoms with van der Waals surface area (Å²) in [5.74, 6) is -1.21. The van der Waals surface area contributed by atoms with Crippen LogP contribution in [0, 0.1) is 6.92 Å². The van der Waals surface area contributed by atoms with Crippen LogP contribution >= 0.6 is 27.5 Å². The second-order valence-corrected chi connectivity index (χ2v) is 7.70. The highest BCUT2D eigenvalue weighted by Crippen LogP contribution is 2.41. The Morgan fingerprint density at radius 2 is 2.11 bits per heavy atom. The molecule has 3 rings (SSSR count). The molecule has 1 aliphatic carbocycles. The average Bonchev–Trinajstić information content (AvgIpc) is 3.11. The third-order valence-corrected chi connectivity index (χ3v) is 5.54. The number of nitrogens with zero attached hydrogens (tertiary/aromatic N) is 1. The van der Waals surface area contributed by atoms with Gasteiger partial charge in [-0.2, -0.15) is 0 Å². The van der Waals surface area contributed by atoms with Gasteiger partial charge < -0.3 is 9.67 Å². The number of carboxylic acids is 1. The van der Waals surface area contributed by atoms with Crippen molar-refractivity contribution in [1.29, 1.82) is 0 Å². The zero-order valence-electron chi connectivity index (χ0n) is 14.9. The first-order valence-electron chi connectivity index (χ1n) is 8.72. The summed E-state index contributed by atoms with van der Waals surface area (Å²) < 4.78 is 16.3. The molecule has 27 heavy (non-hydrogen) atoms. The normalized spacial score (nSPS) is 16.9. The van der Waals surface area contributed by atoms with Gasteiger partial charge in [-0.25, -0.2) is 4.39 Å². The van der Waals surface area contributed by atoms with E-state index >= 15 is 0 Å². The number of aromatic nitrogens is 1. The summed E-state index contributed by atoms with van der Waals surface area (Å²) in [6, 6.07) is 7.59. The molecule has 6 heteroatoms. The van der Waals surface area contributed by atoms with E-state index in [9.17, 15) is 14.3 Å². The number of carboxylic acid groups (broad SMARTS) is 1. The first kappa shape index (κ1) is 19.9. The third kappa shape index (κ3) is 4.36. The molecule has 1 aromatic heterocycles. The number of aliphatic carboxylic acids is 1. The van der Waals surface area contributed by atoms with Gasteiger partial charge in [0, 0.05) is 34.4 Å². The Balaban J connectivity index is 2.09. The number of benzene rings is 1. The molecule has 0 amide bonds. The van der Waals surface area contributed by atoms with Gasteiger partial charge in [-0.05, 0) is 60.2 Å². The molecule has 1 unspecified atom stereocenters. The van der Waals surface area contributed by atoms with Gasteiger partial charge in [-0.1, -0.05) is 39.7 Å². The van der Waals surface area contributed by atoms with E-state index in [2.05, 4.69) is 20.5 Å². The Labute approximate surface area is 171 Å². The third-order valence-electron chi connectivity index (χ3n) is 5.03. The second kappa shape index (κ2) is 8.44. The summed E-state index contributed by atoms with van der Waals surface area (Å²) >= 11 is 9.07. The fourth-order valence-electron chi connectivity index (χ4n) is 3.85. The molecule has 1 N–H and O–H groups in total. The number of hydrogen-bond acceptors (Lipinski definition) is 1. The predicted octanol–water partition coefficient (Wildman–Crippen LogP) is 6.22. The first-order chi connectivity index (χ1) is 12.9. The van der Waals surface area contributed by atoms with Crippen molar-refractivity contribution < 1.29 is 14.3 Å². The van der Waals surface area contributed by atoms with E-state index in [1.807, 2.05) is 31.2 Å². The minimum atomic E-state index is -0.810. The Morgan fingerprint density at radius 3 is 2.74 bits per heavy atom. The lowest BCUT2D eigenvalue weighted by Gasteiger charge is -2.16.